The van der Waals surface area contributed by atoms with E-state index in [1.807, 2.05) is 0 Å². The summed E-state index contributed by atoms with van der Waals surface area (Å²) in [6, 6.07) is 0.252. The number of hydrogen-bond donors (Lipinski definition) is 4. The highest BCUT2D eigenvalue weighted by atomic mass is 16.3. The van der Waals surface area contributed by atoms with Crippen LogP contribution in [0.4, 0.5) is 11.8 Å². The standard InChI is InChI=1S/C18H29N5O2/c1-2-18(9-3-4-10-18)23-16-14(15(19)25)11-20-17(22-16)21-12-5-7-13(24)8-6-12/h11-13,24H,2-10H2,1H3,(H2,19,25)(H2,20,21,22,23). The Labute approximate surface area is 148 Å². The van der Waals surface area contributed by atoms with Crippen LogP contribution in [0.1, 0.15) is 75.1 Å². The van der Waals surface area contributed by atoms with Crippen LogP contribution in [0.3, 0.4) is 0 Å². The molecule has 0 atom stereocenters. The molecule has 0 bridgehead atoms. The van der Waals surface area contributed by atoms with E-state index in [-0.39, 0.29) is 17.7 Å². The molecular weight excluding hydrogens is 318 g/mol. The molecule has 2 aliphatic rings. The molecule has 1 amide bonds. The van der Waals surface area contributed by atoms with Crippen molar-refractivity contribution >= 4 is 17.7 Å². The van der Waals surface area contributed by atoms with Gasteiger partial charge in [-0.3, -0.25) is 4.79 Å². The first-order valence-corrected chi connectivity index (χ1v) is 9.41. The van der Waals surface area contributed by atoms with E-state index in [0.29, 0.717) is 17.3 Å². The predicted molar refractivity (Wildman–Crippen MR) is 97.5 cm³/mol. The monoisotopic (exact) mass is 347 g/mol. The van der Waals surface area contributed by atoms with Gasteiger partial charge in [-0.05, 0) is 44.9 Å². The molecule has 0 saturated heterocycles. The summed E-state index contributed by atoms with van der Waals surface area (Å²) in [5.41, 5.74) is 5.84. The number of carbonyl (C=O) groups excluding carboxylic acids is 1. The number of carbonyl (C=O) groups is 1. The van der Waals surface area contributed by atoms with Crippen LogP contribution in [0, 0.1) is 0 Å². The molecule has 0 aliphatic heterocycles. The summed E-state index contributed by atoms with van der Waals surface area (Å²) in [5, 5.41) is 16.5. The molecule has 3 rings (SSSR count). The summed E-state index contributed by atoms with van der Waals surface area (Å²) in [6.45, 7) is 2.16. The number of aliphatic hydroxyl groups excluding tert-OH is 1. The van der Waals surface area contributed by atoms with Crippen LogP contribution >= 0.6 is 0 Å². The van der Waals surface area contributed by atoms with Gasteiger partial charge in [-0.15, -0.1) is 0 Å². The van der Waals surface area contributed by atoms with Gasteiger partial charge < -0.3 is 21.5 Å². The molecule has 1 aromatic rings. The van der Waals surface area contributed by atoms with E-state index in [1.54, 1.807) is 0 Å². The number of nitrogens with two attached hydrogens (primary N) is 1. The lowest BCUT2D eigenvalue weighted by atomic mass is 9.93. The third-order valence-corrected chi connectivity index (χ3v) is 5.71. The van der Waals surface area contributed by atoms with Gasteiger partial charge in [0, 0.05) is 17.8 Å². The van der Waals surface area contributed by atoms with Crippen LogP contribution in [0.15, 0.2) is 6.20 Å². The topological polar surface area (TPSA) is 113 Å². The Morgan fingerprint density at radius 3 is 2.60 bits per heavy atom. The lowest BCUT2D eigenvalue weighted by Crippen LogP contribution is -2.36. The zero-order valence-corrected chi connectivity index (χ0v) is 14.9. The fourth-order valence-corrected chi connectivity index (χ4v) is 4.00. The maximum Gasteiger partial charge on any atom is 0.254 e. The van der Waals surface area contributed by atoms with Gasteiger partial charge >= 0.3 is 0 Å². The number of hydrogen-bond acceptors (Lipinski definition) is 6. The smallest absolute Gasteiger partial charge is 0.254 e. The molecule has 25 heavy (non-hydrogen) atoms. The van der Waals surface area contributed by atoms with Crippen molar-refractivity contribution < 1.29 is 9.90 Å². The minimum atomic E-state index is -0.515. The highest BCUT2D eigenvalue weighted by molar-refractivity contribution is 5.97. The fourth-order valence-electron chi connectivity index (χ4n) is 4.00. The van der Waals surface area contributed by atoms with Crippen molar-refractivity contribution in [2.75, 3.05) is 10.6 Å². The molecule has 2 aliphatic carbocycles. The lowest BCUT2D eigenvalue weighted by molar-refractivity contribution is 0.1000. The van der Waals surface area contributed by atoms with Gasteiger partial charge in [-0.2, -0.15) is 4.98 Å². The van der Waals surface area contributed by atoms with Gasteiger partial charge in [0.2, 0.25) is 5.95 Å². The second-order valence-electron chi connectivity index (χ2n) is 7.44. The molecule has 2 saturated carbocycles. The largest absolute Gasteiger partial charge is 0.393 e. The van der Waals surface area contributed by atoms with Crippen molar-refractivity contribution in [2.24, 2.45) is 5.73 Å². The van der Waals surface area contributed by atoms with E-state index < -0.39 is 5.91 Å². The molecule has 1 aromatic heterocycles. The van der Waals surface area contributed by atoms with Crippen LogP contribution < -0.4 is 16.4 Å². The van der Waals surface area contributed by atoms with Crippen molar-refractivity contribution in [3.05, 3.63) is 11.8 Å². The average molecular weight is 347 g/mol. The molecule has 0 aromatic carbocycles. The van der Waals surface area contributed by atoms with Crippen LogP contribution in [0.25, 0.3) is 0 Å². The second kappa shape index (κ2) is 7.56. The number of nitrogens with one attached hydrogen (secondary N) is 2. The van der Waals surface area contributed by atoms with Crippen molar-refractivity contribution in [1.82, 2.24) is 9.97 Å². The third-order valence-electron chi connectivity index (χ3n) is 5.71. The minimum absolute atomic E-state index is 0.00916. The first-order valence-electron chi connectivity index (χ1n) is 9.41. The van der Waals surface area contributed by atoms with Crippen LogP contribution in [0.2, 0.25) is 0 Å². The van der Waals surface area contributed by atoms with Crippen LogP contribution in [-0.2, 0) is 0 Å². The first kappa shape index (κ1) is 17.9. The minimum Gasteiger partial charge on any atom is -0.393 e. The number of rotatable bonds is 6. The van der Waals surface area contributed by atoms with Gasteiger partial charge in [0.1, 0.15) is 5.82 Å². The van der Waals surface area contributed by atoms with E-state index in [0.717, 1.165) is 44.9 Å². The fraction of sp³-hybridized carbons (Fsp3) is 0.722. The SMILES string of the molecule is CCC1(Nc2nc(NC3CCC(O)CC3)ncc2C(N)=O)CCCC1. The van der Waals surface area contributed by atoms with Gasteiger partial charge in [0.25, 0.3) is 5.91 Å². The number of amides is 1. The number of nitrogens with zero attached hydrogens (tertiary/aromatic N) is 2. The summed E-state index contributed by atoms with van der Waals surface area (Å²) >= 11 is 0. The summed E-state index contributed by atoms with van der Waals surface area (Å²) in [6.07, 6.45) is 10.2. The summed E-state index contributed by atoms with van der Waals surface area (Å²) in [4.78, 5) is 20.6. The molecule has 7 heteroatoms. The lowest BCUT2D eigenvalue weighted by Gasteiger charge is -2.31. The normalized spacial score (nSPS) is 25.5. The van der Waals surface area contributed by atoms with Gasteiger partial charge in [-0.25, -0.2) is 4.98 Å². The zero-order chi connectivity index (χ0) is 17.9. The molecule has 0 unspecified atom stereocenters. The van der Waals surface area contributed by atoms with Crippen molar-refractivity contribution in [1.29, 1.82) is 0 Å². The molecule has 7 nitrogen and oxygen atoms in total. The Morgan fingerprint density at radius 1 is 1.32 bits per heavy atom. The van der Waals surface area contributed by atoms with E-state index in [1.165, 1.54) is 19.0 Å². The zero-order valence-electron chi connectivity index (χ0n) is 14.9. The second-order valence-corrected chi connectivity index (χ2v) is 7.44. The molecule has 1 heterocycles. The van der Waals surface area contributed by atoms with Crippen molar-refractivity contribution in [3.8, 4) is 0 Å². The molecule has 2 fully saturated rings. The Morgan fingerprint density at radius 2 is 2.00 bits per heavy atom. The number of aliphatic hydroxyl groups is 1. The summed E-state index contributed by atoms with van der Waals surface area (Å²) < 4.78 is 0. The first-order chi connectivity index (χ1) is 12.0. The summed E-state index contributed by atoms with van der Waals surface area (Å²) in [7, 11) is 0. The highest BCUT2D eigenvalue weighted by Crippen LogP contribution is 2.36. The van der Waals surface area contributed by atoms with Crippen LogP contribution in [0.5, 0.6) is 0 Å². The highest BCUT2D eigenvalue weighted by Gasteiger charge is 2.33. The Hall–Kier alpha value is -1.89. The number of primary amides is 1. The van der Waals surface area contributed by atoms with Gasteiger partial charge in [0.05, 0.1) is 11.7 Å². The molecular formula is C18H29N5O2. The van der Waals surface area contributed by atoms with Crippen molar-refractivity contribution in [3.63, 3.8) is 0 Å². The summed E-state index contributed by atoms with van der Waals surface area (Å²) in [5.74, 6) is 0.529. The quantitative estimate of drug-likeness (QED) is 0.628. The molecule has 0 radical (unpaired) electrons. The number of anilines is 2. The van der Waals surface area contributed by atoms with E-state index in [4.69, 9.17) is 5.73 Å². The Bertz CT molecular complexity index is 607. The average Bonchev–Trinajstić information content (AvgIpc) is 3.06. The van der Waals surface area contributed by atoms with Crippen molar-refractivity contribution in [2.45, 2.75) is 82.4 Å². The number of aromatic nitrogens is 2. The van der Waals surface area contributed by atoms with E-state index >= 15 is 0 Å². The van der Waals surface area contributed by atoms with E-state index in [2.05, 4.69) is 27.5 Å². The van der Waals surface area contributed by atoms with Gasteiger partial charge in [0.15, 0.2) is 0 Å². The Kier molecular flexibility index (Phi) is 5.42. The van der Waals surface area contributed by atoms with Gasteiger partial charge in [-0.1, -0.05) is 19.8 Å². The maximum atomic E-state index is 11.8. The molecule has 0 spiro atoms. The predicted octanol–water partition coefficient (Wildman–Crippen LogP) is 2.43. The third kappa shape index (κ3) is 4.21. The van der Waals surface area contributed by atoms with E-state index in [9.17, 15) is 9.90 Å². The Balaban J connectivity index is 1.78. The molecule has 5 N–H and O–H groups in total. The maximum absolute atomic E-state index is 11.8. The molecule has 138 valence electrons. The van der Waals surface area contributed by atoms with Crippen LogP contribution in [-0.4, -0.2) is 38.7 Å².